The minimum atomic E-state index is -0.767. The van der Waals surface area contributed by atoms with E-state index in [1.165, 1.54) is 12.3 Å². The molecule has 0 aliphatic carbocycles. The Morgan fingerprint density at radius 2 is 2.20 bits per heavy atom. The summed E-state index contributed by atoms with van der Waals surface area (Å²) in [4.78, 5) is 27.1. The minimum Gasteiger partial charge on any atom is -0.315 e. The second-order valence-corrected chi connectivity index (χ2v) is 3.26. The van der Waals surface area contributed by atoms with Crippen LogP contribution in [-0.2, 0) is 0 Å². The highest BCUT2D eigenvalue weighted by Crippen LogP contribution is 2.16. The standard InChI is InChI=1S/C8H4ClN3O3/c9-4-1-6-5(10-3-4)2-7(12(14)15)8(13)11-6/h1-3H,(H,11,13). The topological polar surface area (TPSA) is 88.9 Å². The van der Waals surface area contributed by atoms with Crippen molar-refractivity contribution in [2.75, 3.05) is 0 Å². The number of hydrogen-bond donors (Lipinski definition) is 1. The van der Waals surface area contributed by atoms with Gasteiger partial charge >= 0.3 is 11.2 Å². The summed E-state index contributed by atoms with van der Waals surface area (Å²) in [5.74, 6) is 0. The minimum absolute atomic E-state index is 0.325. The molecular weight excluding hydrogens is 222 g/mol. The Kier molecular flexibility index (Phi) is 2.12. The monoisotopic (exact) mass is 225 g/mol. The molecular formula is C8H4ClN3O3. The lowest BCUT2D eigenvalue weighted by molar-refractivity contribution is -0.386. The summed E-state index contributed by atoms with van der Waals surface area (Å²) in [6.45, 7) is 0. The second-order valence-electron chi connectivity index (χ2n) is 2.83. The van der Waals surface area contributed by atoms with Gasteiger partial charge in [-0.25, -0.2) is 0 Å². The number of H-pyrrole nitrogens is 1. The lowest BCUT2D eigenvalue weighted by atomic mass is 10.3. The van der Waals surface area contributed by atoms with E-state index in [2.05, 4.69) is 9.97 Å². The third-order valence-corrected chi connectivity index (χ3v) is 2.04. The third kappa shape index (κ3) is 1.66. The molecule has 0 bridgehead atoms. The van der Waals surface area contributed by atoms with Crippen molar-refractivity contribution in [2.24, 2.45) is 0 Å². The van der Waals surface area contributed by atoms with Crippen molar-refractivity contribution in [3.63, 3.8) is 0 Å². The maximum atomic E-state index is 11.2. The van der Waals surface area contributed by atoms with Gasteiger partial charge in [0.25, 0.3) is 0 Å². The molecule has 2 aromatic heterocycles. The van der Waals surface area contributed by atoms with Crippen molar-refractivity contribution < 1.29 is 4.92 Å². The van der Waals surface area contributed by atoms with Crippen molar-refractivity contribution in [2.45, 2.75) is 0 Å². The molecule has 0 fully saturated rings. The summed E-state index contributed by atoms with van der Waals surface area (Å²) in [6.07, 6.45) is 1.35. The predicted molar refractivity (Wildman–Crippen MR) is 54.0 cm³/mol. The fourth-order valence-electron chi connectivity index (χ4n) is 1.18. The van der Waals surface area contributed by atoms with Crippen LogP contribution in [0.15, 0.2) is 23.1 Å². The van der Waals surface area contributed by atoms with Crippen LogP contribution in [-0.4, -0.2) is 14.9 Å². The number of nitrogens with one attached hydrogen (secondary N) is 1. The van der Waals surface area contributed by atoms with Crippen molar-refractivity contribution in [1.29, 1.82) is 0 Å². The number of pyridine rings is 2. The maximum Gasteiger partial charge on any atom is 0.336 e. The number of hydrogen-bond acceptors (Lipinski definition) is 4. The molecule has 7 heteroatoms. The molecule has 2 rings (SSSR count). The average molecular weight is 226 g/mol. The van der Waals surface area contributed by atoms with E-state index in [0.717, 1.165) is 6.07 Å². The van der Waals surface area contributed by atoms with E-state index in [4.69, 9.17) is 11.6 Å². The Morgan fingerprint density at radius 1 is 1.47 bits per heavy atom. The predicted octanol–water partition coefficient (Wildman–Crippen LogP) is 1.48. The van der Waals surface area contributed by atoms with Gasteiger partial charge in [-0.2, -0.15) is 0 Å². The number of aromatic nitrogens is 2. The van der Waals surface area contributed by atoms with Gasteiger partial charge in [0.15, 0.2) is 0 Å². The van der Waals surface area contributed by atoms with Gasteiger partial charge in [-0.1, -0.05) is 11.6 Å². The Balaban J connectivity index is 2.82. The molecule has 76 valence electrons. The number of aromatic amines is 1. The van der Waals surface area contributed by atoms with Crippen LogP contribution in [0.4, 0.5) is 5.69 Å². The van der Waals surface area contributed by atoms with Crippen LogP contribution in [0.1, 0.15) is 0 Å². The summed E-state index contributed by atoms with van der Waals surface area (Å²) in [6, 6.07) is 2.60. The highest BCUT2D eigenvalue weighted by atomic mass is 35.5. The molecule has 0 atom stereocenters. The summed E-state index contributed by atoms with van der Waals surface area (Å²) in [5.41, 5.74) is -0.599. The summed E-state index contributed by atoms with van der Waals surface area (Å²) < 4.78 is 0. The molecule has 2 heterocycles. The van der Waals surface area contributed by atoms with Gasteiger partial charge in [0.1, 0.15) is 0 Å². The Labute approximate surface area is 87.7 Å². The molecule has 0 saturated heterocycles. The first-order chi connectivity index (χ1) is 7.08. The molecule has 0 aliphatic rings. The SMILES string of the molecule is O=c1[nH]c2cc(Cl)cnc2cc1[N+](=O)[O-]. The zero-order valence-corrected chi connectivity index (χ0v) is 7.99. The van der Waals surface area contributed by atoms with Gasteiger partial charge in [-0.05, 0) is 6.07 Å². The van der Waals surface area contributed by atoms with Crippen molar-refractivity contribution >= 4 is 28.3 Å². The number of rotatable bonds is 1. The van der Waals surface area contributed by atoms with E-state index >= 15 is 0 Å². The third-order valence-electron chi connectivity index (χ3n) is 1.84. The van der Waals surface area contributed by atoms with Gasteiger partial charge in [0.05, 0.1) is 21.0 Å². The van der Waals surface area contributed by atoms with Gasteiger partial charge in [-0.3, -0.25) is 19.9 Å². The summed E-state index contributed by atoms with van der Waals surface area (Å²) >= 11 is 5.65. The van der Waals surface area contributed by atoms with E-state index in [0.29, 0.717) is 16.1 Å². The first-order valence-electron chi connectivity index (χ1n) is 3.91. The zero-order chi connectivity index (χ0) is 11.0. The van der Waals surface area contributed by atoms with Gasteiger partial charge < -0.3 is 4.98 Å². The Morgan fingerprint density at radius 3 is 2.87 bits per heavy atom. The molecule has 1 N–H and O–H groups in total. The molecule has 0 aromatic carbocycles. The van der Waals surface area contributed by atoms with E-state index < -0.39 is 16.2 Å². The van der Waals surface area contributed by atoms with Crippen molar-refractivity contribution in [3.8, 4) is 0 Å². The number of nitro groups is 1. The molecule has 0 radical (unpaired) electrons. The molecule has 0 aliphatic heterocycles. The van der Waals surface area contributed by atoms with E-state index in [1.54, 1.807) is 0 Å². The van der Waals surface area contributed by atoms with Crippen LogP contribution in [0, 0.1) is 10.1 Å². The molecule has 0 unspecified atom stereocenters. The first-order valence-corrected chi connectivity index (χ1v) is 4.29. The van der Waals surface area contributed by atoms with Gasteiger partial charge in [0, 0.05) is 12.3 Å². The Hall–Kier alpha value is -1.95. The van der Waals surface area contributed by atoms with Crippen LogP contribution in [0.3, 0.4) is 0 Å². The maximum absolute atomic E-state index is 11.2. The Bertz CT molecular complexity index is 608. The molecule has 0 amide bonds. The first kappa shape index (κ1) is 9.60. The largest absolute Gasteiger partial charge is 0.336 e. The fourth-order valence-corrected chi connectivity index (χ4v) is 1.34. The van der Waals surface area contributed by atoms with Crippen LogP contribution < -0.4 is 5.56 Å². The molecule has 2 aromatic rings. The quantitative estimate of drug-likeness (QED) is 0.588. The van der Waals surface area contributed by atoms with Crippen LogP contribution in [0.25, 0.3) is 11.0 Å². The van der Waals surface area contributed by atoms with Crippen molar-refractivity contribution in [3.05, 3.63) is 43.8 Å². The normalized spacial score (nSPS) is 10.5. The lowest BCUT2D eigenvalue weighted by Gasteiger charge is -1.97. The van der Waals surface area contributed by atoms with E-state index in [9.17, 15) is 14.9 Å². The number of nitrogens with zero attached hydrogens (tertiary/aromatic N) is 2. The highest BCUT2D eigenvalue weighted by Gasteiger charge is 2.13. The van der Waals surface area contributed by atoms with Crippen molar-refractivity contribution in [1.82, 2.24) is 9.97 Å². The van der Waals surface area contributed by atoms with Gasteiger partial charge in [-0.15, -0.1) is 0 Å². The molecule has 0 saturated carbocycles. The fraction of sp³-hybridized carbons (Fsp3) is 0. The lowest BCUT2D eigenvalue weighted by Crippen LogP contribution is -2.11. The van der Waals surface area contributed by atoms with Crippen LogP contribution >= 0.6 is 11.6 Å². The molecule has 15 heavy (non-hydrogen) atoms. The number of halogens is 1. The van der Waals surface area contributed by atoms with Crippen LogP contribution in [0.2, 0.25) is 5.02 Å². The average Bonchev–Trinajstić information content (AvgIpc) is 2.15. The highest BCUT2D eigenvalue weighted by molar-refractivity contribution is 6.31. The zero-order valence-electron chi connectivity index (χ0n) is 7.23. The van der Waals surface area contributed by atoms with Crippen LogP contribution in [0.5, 0.6) is 0 Å². The molecule has 6 nitrogen and oxygen atoms in total. The second kappa shape index (κ2) is 3.32. The van der Waals surface area contributed by atoms with E-state index in [1.807, 2.05) is 0 Å². The molecule has 0 spiro atoms. The summed E-state index contributed by atoms with van der Waals surface area (Å²) in [7, 11) is 0. The van der Waals surface area contributed by atoms with Gasteiger partial charge in [0.2, 0.25) is 0 Å². The summed E-state index contributed by atoms with van der Waals surface area (Å²) in [5, 5.41) is 10.8. The van der Waals surface area contributed by atoms with E-state index in [-0.39, 0.29) is 0 Å². The smallest absolute Gasteiger partial charge is 0.315 e. The number of fused-ring (bicyclic) bond motifs is 1.